The van der Waals surface area contributed by atoms with Crippen LogP contribution in [-0.4, -0.2) is 14.5 Å². The third-order valence-electron chi connectivity index (χ3n) is 7.58. The van der Waals surface area contributed by atoms with Gasteiger partial charge in [0.15, 0.2) is 0 Å². The van der Waals surface area contributed by atoms with E-state index in [-0.39, 0.29) is 11.4 Å². The van der Waals surface area contributed by atoms with Crippen LogP contribution < -0.4 is 16.0 Å². The standard InChI is InChI=1S/C32H29N5O2/c1-4-10-19-15-20(31-36-26-14-9-7-12-22(26)32(38)37(31)5-2)16-23-28(24(17-33)30(34)39-29(19)23)27-18(3)35-25-13-8-6-11-21(25)27/h6-9,11-16,28,35H,4-5,10,34H2,1-3H3. The quantitative estimate of drug-likeness (QED) is 0.296. The number of H-pyrrole nitrogens is 1. The number of aromatic nitrogens is 3. The number of hydrogen-bond donors (Lipinski definition) is 2. The number of allylic oxidation sites excluding steroid dienone is 1. The summed E-state index contributed by atoms with van der Waals surface area (Å²) in [5.41, 5.74) is 12.9. The van der Waals surface area contributed by atoms with Gasteiger partial charge in [-0.25, -0.2) is 4.98 Å². The van der Waals surface area contributed by atoms with Crippen LogP contribution in [0.3, 0.4) is 0 Å². The molecule has 3 aromatic carbocycles. The Hall–Kier alpha value is -4.83. The molecule has 1 unspecified atom stereocenters. The van der Waals surface area contributed by atoms with E-state index in [0.717, 1.165) is 51.7 Å². The van der Waals surface area contributed by atoms with E-state index in [1.165, 1.54) is 0 Å². The first-order chi connectivity index (χ1) is 19.0. The molecule has 0 bridgehead atoms. The van der Waals surface area contributed by atoms with E-state index in [0.29, 0.717) is 34.6 Å². The number of para-hydroxylation sites is 2. The molecular weight excluding hydrogens is 486 g/mol. The number of nitrogens with zero attached hydrogens (tertiary/aromatic N) is 3. The second kappa shape index (κ2) is 9.48. The van der Waals surface area contributed by atoms with E-state index in [1.54, 1.807) is 4.57 Å². The summed E-state index contributed by atoms with van der Waals surface area (Å²) in [7, 11) is 0. The number of fused-ring (bicyclic) bond motifs is 3. The van der Waals surface area contributed by atoms with Gasteiger partial charge in [-0.15, -0.1) is 0 Å². The van der Waals surface area contributed by atoms with Gasteiger partial charge in [-0.2, -0.15) is 5.26 Å². The van der Waals surface area contributed by atoms with E-state index in [9.17, 15) is 10.1 Å². The molecule has 39 heavy (non-hydrogen) atoms. The SMILES string of the molecule is CCCc1cc(-c2nc3ccccc3c(=O)n2CC)cc2c1OC(N)=C(C#N)C2c1c(C)[nH]c2ccccc12. The van der Waals surface area contributed by atoms with Crippen molar-refractivity contribution in [2.45, 2.75) is 46.1 Å². The lowest BCUT2D eigenvalue weighted by atomic mass is 9.80. The van der Waals surface area contributed by atoms with Crippen LogP contribution in [0.15, 0.2) is 76.9 Å². The highest BCUT2D eigenvalue weighted by molar-refractivity contribution is 5.87. The summed E-state index contributed by atoms with van der Waals surface area (Å²) in [6.45, 7) is 6.56. The summed E-state index contributed by atoms with van der Waals surface area (Å²) in [4.78, 5) is 21.9. The Balaban J connectivity index is 1.69. The Labute approximate surface area is 226 Å². The van der Waals surface area contributed by atoms with Gasteiger partial charge < -0.3 is 15.5 Å². The topological polar surface area (TPSA) is 110 Å². The van der Waals surface area contributed by atoms with Gasteiger partial charge in [-0.3, -0.25) is 9.36 Å². The van der Waals surface area contributed by atoms with Crippen LogP contribution in [-0.2, 0) is 13.0 Å². The highest BCUT2D eigenvalue weighted by Crippen LogP contribution is 2.48. The van der Waals surface area contributed by atoms with E-state index in [2.05, 4.69) is 30.1 Å². The molecule has 0 fully saturated rings. The number of ether oxygens (including phenoxy) is 1. The molecule has 1 atom stereocenters. The number of hydrogen-bond acceptors (Lipinski definition) is 5. The van der Waals surface area contributed by atoms with Crippen molar-refractivity contribution >= 4 is 21.8 Å². The number of nitriles is 1. The first-order valence-corrected chi connectivity index (χ1v) is 13.3. The van der Waals surface area contributed by atoms with Gasteiger partial charge in [-0.05, 0) is 61.7 Å². The van der Waals surface area contributed by atoms with Gasteiger partial charge >= 0.3 is 0 Å². The van der Waals surface area contributed by atoms with Crippen LogP contribution in [0, 0.1) is 18.3 Å². The average molecular weight is 516 g/mol. The van der Waals surface area contributed by atoms with Gasteiger partial charge in [0.25, 0.3) is 5.56 Å². The lowest BCUT2D eigenvalue weighted by Crippen LogP contribution is -2.24. The lowest BCUT2D eigenvalue weighted by Gasteiger charge is -2.29. The summed E-state index contributed by atoms with van der Waals surface area (Å²) in [5.74, 6) is 0.960. The predicted octanol–water partition coefficient (Wildman–Crippen LogP) is 6.04. The van der Waals surface area contributed by atoms with Gasteiger partial charge in [0.1, 0.15) is 23.2 Å². The van der Waals surface area contributed by atoms with E-state index < -0.39 is 5.92 Å². The molecule has 0 spiro atoms. The number of nitrogens with two attached hydrogens (primary N) is 1. The van der Waals surface area contributed by atoms with Crippen molar-refractivity contribution in [2.75, 3.05) is 0 Å². The molecule has 194 valence electrons. The summed E-state index contributed by atoms with van der Waals surface area (Å²) in [6, 6.07) is 21.9. The fraction of sp³-hybridized carbons (Fsp3) is 0.219. The maximum atomic E-state index is 13.5. The number of benzene rings is 3. The molecule has 5 aromatic rings. The molecule has 1 aliphatic heterocycles. The molecule has 3 heterocycles. The smallest absolute Gasteiger partial charge is 0.261 e. The predicted molar refractivity (Wildman–Crippen MR) is 153 cm³/mol. The Morgan fingerprint density at radius 1 is 1.10 bits per heavy atom. The fourth-order valence-corrected chi connectivity index (χ4v) is 5.87. The molecule has 0 saturated heterocycles. The van der Waals surface area contributed by atoms with Crippen molar-refractivity contribution < 1.29 is 4.74 Å². The van der Waals surface area contributed by atoms with Gasteiger partial charge in [0.2, 0.25) is 5.88 Å². The number of aromatic amines is 1. The first kappa shape index (κ1) is 24.5. The minimum atomic E-state index is -0.437. The van der Waals surface area contributed by atoms with E-state index in [1.807, 2.05) is 62.4 Å². The van der Waals surface area contributed by atoms with Crippen LogP contribution in [0.1, 0.15) is 48.6 Å². The Kier molecular flexibility index (Phi) is 5.96. The van der Waals surface area contributed by atoms with Crippen LogP contribution in [0.2, 0.25) is 0 Å². The summed E-state index contributed by atoms with van der Waals surface area (Å²) >= 11 is 0. The van der Waals surface area contributed by atoms with Crippen molar-refractivity contribution in [3.05, 3.63) is 105 Å². The Morgan fingerprint density at radius 2 is 1.85 bits per heavy atom. The van der Waals surface area contributed by atoms with Crippen molar-refractivity contribution in [2.24, 2.45) is 5.73 Å². The second-order valence-corrected chi connectivity index (χ2v) is 9.94. The lowest BCUT2D eigenvalue weighted by molar-refractivity contribution is 0.389. The maximum absolute atomic E-state index is 13.5. The van der Waals surface area contributed by atoms with Crippen molar-refractivity contribution in [3.63, 3.8) is 0 Å². The minimum absolute atomic E-state index is 0.0741. The van der Waals surface area contributed by atoms with Gasteiger partial charge in [-0.1, -0.05) is 43.7 Å². The summed E-state index contributed by atoms with van der Waals surface area (Å²) in [6.07, 6.45) is 1.63. The van der Waals surface area contributed by atoms with E-state index in [4.69, 9.17) is 15.5 Å². The van der Waals surface area contributed by atoms with Crippen LogP contribution in [0.25, 0.3) is 33.2 Å². The third kappa shape index (κ3) is 3.79. The molecule has 7 heteroatoms. The zero-order valence-electron chi connectivity index (χ0n) is 22.2. The van der Waals surface area contributed by atoms with Crippen molar-refractivity contribution in [1.82, 2.24) is 14.5 Å². The molecule has 0 saturated carbocycles. The molecule has 1 aliphatic rings. The van der Waals surface area contributed by atoms with Gasteiger partial charge in [0, 0.05) is 34.3 Å². The number of aryl methyl sites for hydroxylation is 2. The van der Waals surface area contributed by atoms with E-state index >= 15 is 0 Å². The molecule has 6 rings (SSSR count). The molecule has 3 N–H and O–H groups in total. The van der Waals surface area contributed by atoms with Crippen LogP contribution in [0.4, 0.5) is 0 Å². The van der Waals surface area contributed by atoms with Crippen LogP contribution in [0.5, 0.6) is 5.75 Å². The highest BCUT2D eigenvalue weighted by atomic mass is 16.5. The number of nitrogens with one attached hydrogen (secondary N) is 1. The zero-order valence-corrected chi connectivity index (χ0v) is 22.2. The molecule has 0 amide bonds. The molecule has 0 radical (unpaired) electrons. The highest BCUT2D eigenvalue weighted by Gasteiger charge is 2.35. The number of rotatable bonds is 5. The molecule has 0 aliphatic carbocycles. The van der Waals surface area contributed by atoms with Crippen molar-refractivity contribution in [3.8, 4) is 23.2 Å². The minimum Gasteiger partial charge on any atom is -0.440 e. The Morgan fingerprint density at radius 3 is 2.59 bits per heavy atom. The molecular formula is C32H29N5O2. The molecule has 7 nitrogen and oxygen atoms in total. The van der Waals surface area contributed by atoms with Crippen LogP contribution >= 0.6 is 0 Å². The van der Waals surface area contributed by atoms with Gasteiger partial charge in [0.05, 0.1) is 16.8 Å². The Bertz CT molecular complexity index is 1900. The maximum Gasteiger partial charge on any atom is 0.261 e. The first-order valence-electron chi connectivity index (χ1n) is 13.3. The average Bonchev–Trinajstić information content (AvgIpc) is 3.28. The fourth-order valence-electron chi connectivity index (χ4n) is 5.87. The normalized spacial score (nSPS) is 14.9. The third-order valence-corrected chi connectivity index (χ3v) is 7.58. The molecule has 2 aromatic heterocycles. The second-order valence-electron chi connectivity index (χ2n) is 9.94. The largest absolute Gasteiger partial charge is 0.440 e. The van der Waals surface area contributed by atoms with Crippen molar-refractivity contribution in [1.29, 1.82) is 5.26 Å². The zero-order chi connectivity index (χ0) is 27.3. The monoisotopic (exact) mass is 515 g/mol. The summed E-state index contributed by atoms with van der Waals surface area (Å²) < 4.78 is 7.89. The summed E-state index contributed by atoms with van der Waals surface area (Å²) in [5, 5.41) is 11.9.